The van der Waals surface area contributed by atoms with E-state index in [1.165, 1.54) is 11.3 Å². The highest BCUT2D eigenvalue weighted by Crippen LogP contribution is 2.37. The number of carbonyl (C=O) groups is 1. The van der Waals surface area contributed by atoms with Crippen LogP contribution in [-0.2, 0) is 16.0 Å². The highest BCUT2D eigenvalue weighted by atomic mass is 16.5. The predicted molar refractivity (Wildman–Crippen MR) is 134 cm³/mol. The number of piperidine rings is 1. The summed E-state index contributed by atoms with van der Waals surface area (Å²) in [6.07, 6.45) is 5.35. The molecule has 178 valence electrons. The molecular weight excluding hydrogens is 424 g/mol. The Bertz CT molecular complexity index is 1080. The summed E-state index contributed by atoms with van der Waals surface area (Å²) in [7, 11) is 0. The molecule has 3 aliphatic heterocycles. The van der Waals surface area contributed by atoms with Gasteiger partial charge in [0.1, 0.15) is 0 Å². The van der Waals surface area contributed by atoms with Crippen LogP contribution < -0.4 is 10.6 Å². The summed E-state index contributed by atoms with van der Waals surface area (Å²) in [4.78, 5) is 14.9. The van der Waals surface area contributed by atoms with Gasteiger partial charge in [0, 0.05) is 37.4 Å². The molecule has 2 N–H and O–H groups in total. The zero-order valence-electron chi connectivity index (χ0n) is 20.0. The number of para-hydroxylation sites is 1. The Morgan fingerprint density at radius 2 is 2.09 bits per heavy atom. The van der Waals surface area contributed by atoms with Crippen LogP contribution in [-0.4, -0.2) is 48.7 Å². The number of amides is 1. The number of nitriles is 1. The number of benzene rings is 2. The molecule has 6 nitrogen and oxygen atoms in total. The van der Waals surface area contributed by atoms with E-state index in [9.17, 15) is 10.1 Å². The molecule has 2 fully saturated rings. The molecule has 5 rings (SSSR count). The van der Waals surface area contributed by atoms with Crippen molar-refractivity contribution in [2.45, 2.75) is 57.1 Å². The molecule has 2 atom stereocenters. The normalized spacial score (nSPS) is 23.1. The fraction of sp³-hybridized carbons (Fsp3) is 0.500. The molecule has 34 heavy (non-hydrogen) atoms. The first kappa shape index (κ1) is 22.7. The summed E-state index contributed by atoms with van der Waals surface area (Å²) in [6.45, 7) is 5.13. The van der Waals surface area contributed by atoms with Gasteiger partial charge in [-0.05, 0) is 74.3 Å². The number of hydrogen-bond donors (Lipinski definition) is 2. The number of ether oxygens (including phenoxy) is 1. The van der Waals surface area contributed by atoms with Crippen molar-refractivity contribution < 1.29 is 9.53 Å². The lowest BCUT2D eigenvalue weighted by Crippen LogP contribution is -2.46. The molecule has 3 heterocycles. The number of likely N-dealkylation sites (tertiary alicyclic amines) is 1. The van der Waals surface area contributed by atoms with Gasteiger partial charge in [-0.2, -0.15) is 5.26 Å². The number of rotatable bonds is 5. The van der Waals surface area contributed by atoms with E-state index in [2.05, 4.69) is 41.0 Å². The van der Waals surface area contributed by atoms with Crippen molar-refractivity contribution in [3.05, 3.63) is 59.2 Å². The zero-order chi connectivity index (χ0) is 23.5. The van der Waals surface area contributed by atoms with Crippen molar-refractivity contribution in [3.63, 3.8) is 0 Å². The minimum absolute atomic E-state index is 0.131. The molecular formula is C28H34N4O2. The largest absolute Gasteiger partial charge is 0.385 e. The van der Waals surface area contributed by atoms with E-state index in [0.717, 1.165) is 63.0 Å². The van der Waals surface area contributed by atoms with Crippen LogP contribution in [0, 0.1) is 24.2 Å². The lowest BCUT2D eigenvalue weighted by molar-refractivity contribution is -0.136. The monoisotopic (exact) mass is 458 g/mol. The van der Waals surface area contributed by atoms with Gasteiger partial charge in [0.25, 0.3) is 0 Å². The van der Waals surface area contributed by atoms with Crippen LogP contribution in [0.15, 0.2) is 42.5 Å². The zero-order valence-corrected chi connectivity index (χ0v) is 20.0. The Kier molecular flexibility index (Phi) is 6.47. The van der Waals surface area contributed by atoms with Crippen LogP contribution in [0.1, 0.15) is 48.8 Å². The van der Waals surface area contributed by atoms with E-state index >= 15 is 0 Å². The van der Waals surface area contributed by atoms with Crippen molar-refractivity contribution in [2.24, 2.45) is 5.92 Å². The van der Waals surface area contributed by atoms with Gasteiger partial charge in [-0.3, -0.25) is 4.79 Å². The third kappa shape index (κ3) is 4.90. The number of aryl methyl sites for hydroxylation is 1. The molecule has 0 bridgehead atoms. The second kappa shape index (κ2) is 9.68. The Morgan fingerprint density at radius 3 is 2.91 bits per heavy atom. The van der Waals surface area contributed by atoms with Gasteiger partial charge in [-0.15, -0.1) is 0 Å². The van der Waals surface area contributed by atoms with Crippen molar-refractivity contribution >= 4 is 17.3 Å². The molecule has 0 radical (unpaired) electrons. The van der Waals surface area contributed by atoms with E-state index in [0.29, 0.717) is 24.5 Å². The second-order valence-electron chi connectivity index (χ2n) is 10.2. The second-order valence-corrected chi connectivity index (χ2v) is 10.2. The summed E-state index contributed by atoms with van der Waals surface area (Å²) >= 11 is 0. The Morgan fingerprint density at radius 1 is 1.26 bits per heavy atom. The molecule has 2 saturated heterocycles. The Labute approximate surface area is 202 Å². The quantitative estimate of drug-likeness (QED) is 0.690. The number of anilines is 2. The van der Waals surface area contributed by atoms with Crippen LogP contribution in [0.4, 0.5) is 11.4 Å². The third-order valence-corrected chi connectivity index (χ3v) is 7.84. The third-order valence-electron chi connectivity index (χ3n) is 7.84. The van der Waals surface area contributed by atoms with E-state index < -0.39 is 0 Å². The fourth-order valence-corrected chi connectivity index (χ4v) is 5.72. The van der Waals surface area contributed by atoms with Crippen LogP contribution >= 0.6 is 0 Å². The maximum absolute atomic E-state index is 12.9. The van der Waals surface area contributed by atoms with Gasteiger partial charge in [0.15, 0.2) is 0 Å². The summed E-state index contributed by atoms with van der Waals surface area (Å²) < 4.78 is 6.29. The molecule has 2 unspecified atom stereocenters. The van der Waals surface area contributed by atoms with Gasteiger partial charge in [-0.1, -0.05) is 24.3 Å². The number of nitrogens with one attached hydrogen (secondary N) is 2. The number of carbonyl (C=O) groups excluding carboxylic acids is 1. The minimum Gasteiger partial charge on any atom is -0.385 e. The lowest BCUT2D eigenvalue weighted by atomic mass is 9.86. The fourth-order valence-electron chi connectivity index (χ4n) is 5.72. The summed E-state index contributed by atoms with van der Waals surface area (Å²) in [5.74, 6) is 0.799. The van der Waals surface area contributed by atoms with Gasteiger partial charge in [0.2, 0.25) is 5.91 Å². The number of fused-ring (bicyclic) bond motifs is 1. The molecule has 0 saturated carbocycles. The number of hydrogen-bond acceptors (Lipinski definition) is 5. The topological polar surface area (TPSA) is 77.4 Å². The average molecular weight is 459 g/mol. The summed E-state index contributed by atoms with van der Waals surface area (Å²) in [5.41, 5.74) is 5.15. The van der Waals surface area contributed by atoms with Crippen molar-refractivity contribution in [1.29, 1.82) is 5.26 Å². The molecule has 1 spiro atoms. The molecule has 0 aromatic heterocycles. The van der Waals surface area contributed by atoms with Crippen LogP contribution in [0.2, 0.25) is 0 Å². The number of nitrogens with zero attached hydrogens (tertiary/aromatic N) is 2. The van der Waals surface area contributed by atoms with Crippen LogP contribution in [0.3, 0.4) is 0 Å². The van der Waals surface area contributed by atoms with Crippen molar-refractivity contribution in [3.8, 4) is 6.07 Å². The summed E-state index contributed by atoms with van der Waals surface area (Å²) in [5, 5.41) is 16.4. The molecule has 2 aromatic rings. The molecule has 3 aliphatic rings. The highest BCUT2D eigenvalue weighted by Gasteiger charge is 2.43. The molecule has 2 aromatic carbocycles. The van der Waals surface area contributed by atoms with Crippen molar-refractivity contribution in [2.75, 3.05) is 36.9 Å². The lowest BCUT2D eigenvalue weighted by Gasteiger charge is -2.39. The summed E-state index contributed by atoms with van der Waals surface area (Å²) in [6, 6.07) is 16.9. The first-order valence-electron chi connectivity index (χ1n) is 12.5. The van der Waals surface area contributed by atoms with Gasteiger partial charge >= 0.3 is 0 Å². The van der Waals surface area contributed by atoms with Crippen LogP contribution in [0.5, 0.6) is 0 Å². The molecule has 1 amide bonds. The van der Waals surface area contributed by atoms with Crippen molar-refractivity contribution in [1.82, 2.24) is 4.90 Å². The smallest absolute Gasteiger partial charge is 0.222 e. The van der Waals surface area contributed by atoms with E-state index in [1.54, 1.807) is 0 Å². The van der Waals surface area contributed by atoms with E-state index in [-0.39, 0.29) is 17.6 Å². The first-order chi connectivity index (χ1) is 16.5. The maximum Gasteiger partial charge on any atom is 0.222 e. The minimum atomic E-state index is -0.131. The average Bonchev–Trinajstić information content (AvgIpc) is 3.25. The Balaban J connectivity index is 1.08. The Hall–Kier alpha value is -3.04. The van der Waals surface area contributed by atoms with Crippen LogP contribution in [0.25, 0.3) is 0 Å². The first-order valence-corrected chi connectivity index (χ1v) is 12.5. The van der Waals surface area contributed by atoms with Gasteiger partial charge < -0.3 is 20.3 Å². The molecule has 0 aliphatic carbocycles. The standard InChI is InChI=1S/C28H34N4O2/c1-20-6-8-24(15-23(20)17-29)31-25-16-28(34-19-25)10-12-32(13-11-28)27(33)9-7-21-14-22-4-2-3-5-26(22)30-18-21/h2-6,8,15,21,25,30-31H,7,9-14,16,18-19H2,1H3. The predicted octanol–water partition coefficient (Wildman–Crippen LogP) is 4.49. The van der Waals surface area contributed by atoms with Gasteiger partial charge in [-0.25, -0.2) is 0 Å². The maximum atomic E-state index is 12.9. The van der Waals surface area contributed by atoms with E-state index in [1.807, 2.05) is 30.0 Å². The van der Waals surface area contributed by atoms with Gasteiger partial charge in [0.05, 0.1) is 29.9 Å². The van der Waals surface area contributed by atoms with E-state index in [4.69, 9.17) is 4.74 Å². The highest BCUT2D eigenvalue weighted by molar-refractivity contribution is 5.76. The SMILES string of the molecule is Cc1ccc(NC2COC3(CCN(C(=O)CCC4CNc5ccccc5C4)CC3)C2)cc1C#N. The molecule has 6 heteroatoms.